The van der Waals surface area contributed by atoms with Crippen molar-refractivity contribution in [2.45, 2.75) is 6.42 Å². The number of benzene rings is 1. The zero-order chi connectivity index (χ0) is 9.42. The van der Waals surface area contributed by atoms with Crippen molar-refractivity contribution in [2.75, 3.05) is 9.83 Å². The molecule has 2 rings (SSSR count). The fraction of sp³-hybridized carbons (Fsp3) is 0.250. The highest BCUT2D eigenvalue weighted by Crippen LogP contribution is 2.39. The van der Waals surface area contributed by atoms with Crippen LogP contribution in [0.15, 0.2) is 12.1 Å². The highest BCUT2D eigenvalue weighted by Gasteiger charge is 2.20. The topological polar surface area (TPSA) is 38.5 Å². The van der Waals surface area contributed by atoms with Gasteiger partial charge in [0, 0.05) is 12.0 Å². The summed E-state index contributed by atoms with van der Waals surface area (Å²) in [6.45, 7) is 0.715. The standard InChI is InChI=1S/C8H8ClIN2O/c9-6-1-2-7-5(3-4-13-7)8(6)12(10)11/h1-2H,3-4,11H2. The number of hydrazine groups is 1. The lowest BCUT2D eigenvalue weighted by molar-refractivity contribution is 0.357. The Labute approximate surface area is 95.3 Å². The van der Waals surface area contributed by atoms with Crippen LogP contribution in [-0.4, -0.2) is 6.61 Å². The average molecular weight is 311 g/mol. The lowest BCUT2D eigenvalue weighted by Gasteiger charge is -2.14. The van der Waals surface area contributed by atoms with Crippen LogP contribution in [0.25, 0.3) is 0 Å². The molecule has 70 valence electrons. The SMILES string of the molecule is NN(I)c1c(Cl)ccc2c1CCO2. The van der Waals surface area contributed by atoms with Crippen LogP contribution in [0.1, 0.15) is 5.56 Å². The minimum absolute atomic E-state index is 0.668. The van der Waals surface area contributed by atoms with Crippen LogP contribution in [0, 0.1) is 0 Å². The molecule has 13 heavy (non-hydrogen) atoms. The Hall–Kier alpha value is -0.200. The fourth-order valence-corrected chi connectivity index (χ4v) is 2.42. The van der Waals surface area contributed by atoms with Crippen LogP contribution in [0.5, 0.6) is 5.75 Å². The van der Waals surface area contributed by atoms with Gasteiger partial charge in [0.2, 0.25) is 0 Å². The molecule has 1 aromatic rings. The van der Waals surface area contributed by atoms with Gasteiger partial charge in [-0.1, -0.05) is 11.6 Å². The van der Waals surface area contributed by atoms with Gasteiger partial charge in [-0.3, -0.25) is 0 Å². The molecule has 0 aliphatic carbocycles. The third-order valence-electron chi connectivity index (χ3n) is 2.01. The summed E-state index contributed by atoms with van der Waals surface area (Å²) in [5.41, 5.74) is 1.96. The Morgan fingerprint density at radius 2 is 2.31 bits per heavy atom. The molecule has 0 bridgehead atoms. The summed E-state index contributed by atoms with van der Waals surface area (Å²) in [5.74, 6) is 6.56. The highest BCUT2D eigenvalue weighted by atomic mass is 127. The Morgan fingerprint density at radius 3 is 3.00 bits per heavy atom. The van der Waals surface area contributed by atoms with Gasteiger partial charge in [0.25, 0.3) is 0 Å². The van der Waals surface area contributed by atoms with Crippen LogP contribution in [0.3, 0.4) is 0 Å². The maximum absolute atomic E-state index is 6.02. The summed E-state index contributed by atoms with van der Waals surface area (Å²) in [5, 5.41) is 0.668. The number of hydrogen-bond acceptors (Lipinski definition) is 3. The Morgan fingerprint density at radius 1 is 1.54 bits per heavy atom. The molecule has 0 saturated heterocycles. The quantitative estimate of drug-likeness (QED) is 0.374. The summed E-state index contributed by atoms with van der Waals surface area (Å²) >= 11 is 8.02. The van der Waals surface area contributed by atoms with E-state index in [4.69, 9.17) is 22.2 Å². The van der Waals surface area contributed by atoms with Crippen LogP contribution < -0.4 is 13.8 Å². The first-order valence-electron chi connectivity index (χ1n) is 3.85. The molecule has 0 fully saturated rings. The molecule has 1 aliphatic heterocycles. The third-order valence-corrected chi connectivity index (χ3v) is 2.80. The highest BCUT2D eigenvalue weighted by molar-refractivity contribution is 14.1. The molecule has 0 atom stereocenters. The first kappa shape index (κ1) is 9.36. The molecule has 0 spiro atoms. The number of anilines is 1. The van der Waals surface area contributed by atoms with Crippen molar-refractivity contribution < 1.29 is 4.74 Å². The molecule has 1 aromatic carbocycles. The molecule has 0 radical (unpaired) electrons. The van der Waals surface area contributed by atoms with E-state index in [1.165, 1.54) is 3.22 Å². The van der Waals surface area contributed by atoms with Crippen LogP contribution >= 0.6 is 34.5 Å². The molecule has 0 amide bonds. The lowest BCUT2D eigenvalue weighted by Crippen LogP contribution is -2.19. The van der Waals surface area contributed by atoms with E-state index in [-0.39, 0.29) is 0 Å². The van der Waals surface area contributed by atoms with E-state index in [0.29, 0.717) is 11.6 Å². The van der Waals surface area contributed by atoms with Crippen molar-refractivity contribution in [3.8, 4) is 5.75 Å². The van der Waals surface area contributed by atoms with Crippen LogP contribution in [-0.2, 0) is 6.42 Å². The van der Waals surface area contributed by atoms with Crippen LogP contribution in [0.4, 0.5) is 5.69 Å². The minimum Gasteiger partial charge on any atom is -0.493 e. The molecule has 3 nitrogen and oxygen atoms in total. The summed E-state index contributed by atoms with van der Waals surface area (Å²) in [7, 11) is 0. The molecule has 1 aliphatic rings. The molecule has 0 aromatic heterocycles. The van der Waals surface area contributed by atoms with E-state index in [0.717, 1.165) is 23.4 Å². The smallest absolute Gasteiger partial charge is 0.124 e. The van der Waals surface area contributed by atoms with Crippen molar-refractivity contribution in [3.05, 3.63) is 22.7 Å². The molecular weight excluding hydrogens is 302 g/mol. The normalized spacial score (nSPS) is 13.8. The largest absolute Gasteiger partial charge is 0.493 e. The van der Waals surface area contributed by atoms with Crippen molar-refractivity contribution >= 4 is 40.2 Å². The number of ether oxygens (including phenoxy) is 1. The van der Waals surface area contributed by atoms with Gasteiger partial charge in [-0.2, -0.15) is 0 Å². The first-order chi connectivity index (χ1) is 6.20. The van der Waals surface area contributed by atoms with Gasteiger partial charge in [-0.25, -0.2) is 9.06 Å². The predicted octanol–water partition coefficient (Wildman–Crippen LogP) is 2.31. The average Bonchev–Trinajstić information content (AvgIpc) is 2.50. The van der Waals surface area contributed by atoms with E-state index in [1.54, 1.807) is 6.07 Å². The maximum Gasteiger partial charge on any atom is 0.124 e. The monoisotopic (exact) mass is 310 g/mol. The van der Waals surface area contributed by atoms with Gasteiger partial charge >= 0.3 is 0 Å². The summed E-state index contributed by atoms with van der Waals surface area (Å²) in [4.78, 5) is 0. The van der Waals surface area contributed by atoms with E-state index in [2.05, 4.69) is 0 Å². The van der Waals surface area contributed by atoms with Crippen molar-refractivity contribution in [3.63, 3.8) is 0 Å². The second-order valence-corrected chi connectivity index (χ2v) is 4.23. The van der Waals surface area contributed by atoms with E-state index in [9.17, 15) is 0 Å². The van der Waals surface area contributed by atoms with Crippen molar-refractivity contribution in [2.24, 2.45) is 5.84 Å². The third kappa shape index (κ3) is 1.58. The van der Waals surface area contributed by atoms with E-state index >= 15 is 0 Å². The Bertz CT molecular complexity index is 343. The second-order valence-electron chi connectivity index (χ2n) is 2.78. The van der Waals surface area contributed by atoms with Crippen LogP contribution in [0.2, 0.25) is 5.02 Å². The predicted molar refractivity (Wildman–Crippen MR) is 61.3 cm³/mol. The molecule has 2 N–H and O–H groups in total. The minimum atomic E-state index is 0.668. The van der Waals surface area contributed by atoms with E-state index < -0.39 is 0 Å². The molecule has 0 unspecified atom stereocenters. The van der Waals surface area contributed by atoms with Gasteiger partial charge < -0.3 is 4.74 Å². The number of nitrogens with zero attached hydrogens (tertiary/aromatic N) is 1. The van der Waals surface area contributed by atoms with Crippen molar-refractivity contribution in [1.82, 2.24) is 0 Å². The number of nitrogens with two attached hydrogens (primary N) is 1. The summed E-state index contributed by atoms with van der Waals surface area (Å²) < 4.78 is 6.91. The van der Waals surface area contributed by atoms with Gasteiger partial charge in [-0.15, -0.1) is 0 Å². The first-order valence-corrected chi connectivity index (χ1v) is 5.19. The number of hydrogen-bond donors (Lipinski definition) is 1. The van der Waals surface area contributed by atoms with E-state index in [1.807, 2.05) is 28.9 Å². The van der Waals surface area contributed by atoms with Gasteiger partial charge in [0.15, 0.2) is 0 Å². The molecular formula is C8H8ClIN2O. The summed E-state index contributed by atoms with van der Waals surface area (Å²) in [6.07, 6.45) is 0.877. The van der Waals surface area contributed by atoms with Gasteiger partial charge in [-0.05, 0) is 12.1 Å². The number of fused-ring (bicyclic) bond motifs is 1. The Balaban J connectivity index is 2.58. The lowest BCUT2D eigenvalue weighted by atomic mass is 10.1. The summed E-state index contributed by atoms with van der Waals surface area (Å²) in [6, 6.07) is 3.69. The number of halogens is 2. The molecule has 0 saturated carbocycles. The van der Waals surface area contributed by atoms with Gasteiger partial charge in [0.05, 0.1) is 40.2 Å². The maximum atomic E-state index is 6.02. The Kier molecular flexibility index (Phi) is 2.53. The zero-order valence-corrected chi connectivity index (χ0v) is 9.67. The van der Waals surface area contributed by atoms with Gasteiger partial charge in [0.1, 0.15) is 5.75 Å². The fourth-order valence-electron chi connectivity index (χ4n) is 1.46. The van der Waals surface area contributed by atoms with Crippen molar-refractivity contribution in [1.29, 1.82) is 0 Å². The zero-order valence-electron chi connectivity index (χ0n) is 6.76. The molecule has 5 heteroatoms. The molecule has 1 heterocycles. The number of rotatable bonds is 1. The second kappa shape index (κ2) is 3.51.